The van der Waals surface area contributed by atoms with E-state index in [0.29, 0.717) is 22.0 Å². The Bertz CT molecular complexity index is 273. The van der Waals surface area contributed by atoms with Crippen LogP contribution in [0.2, 0.25) is 5.02 Å². The number of anilines is 2. The highest BCUT2D eigenvalue weighted by Crippen LogP contribution is 2.27. The molecule has 4 heteroatoms. The fourth-order valence-corrected chi connectivity index (χ4v) is 0.974. The summed E-state index contributed by atoms with van der Waals surface area (Å²) >= 11 is 5.68. The van der Waals surface area contributed by atoms with Gasteiger partial charge in [0, 0.05) is 6.54 Å². The van der Waals surface area contributed by atoms with E-state index in [1.807, 2.05) is 0 Å². The van der Waals surface area contributed by atoms with Gasteiger partial charge in [-0.15, -0.1) is 0 Å². The highest BCUT2D eigenvalue weighted by molar-refractivity contribution is 6.33. The first-order chi connectivity index (χ1) is 5.16. The maximum Gasteiger partial charge on any atom is 0.0740 e. The molecule has 1 aromatic carbocycles. The van der Waals surface area contributed by atoms with Crippen LogP contribution in [0.15, 0.2) is 12.1 Å². The van der Waals surface area contributed by atoms with Crippen molar-refractivity contribution in [2.45, 2.75) is 6.54 Å². The topological polar surface area (TPSA) is 75.8 Å². The van der Waals surface area contributed by atoms with Crippen LogP contribution >= 0.6 is 11.6 Å². The second-order valence-corrected chi connectivity index (χ2v) is 2.62. The number of hydrogen-bond acceptors (Lipinski definition) is 2. The first kappa shape index (κ1) is 8.17. The summed E-state index contributed by atoms with van der Waals surface area (Å²) in [5.41, 5.74) is 19.7. The maximum absolute atomic E-state index is 7.07. The van der Waals surface area contributed by atoms with E-state index in [1.165, 1.54) is 0 Å². The molecule has 3 nitrogen and oxygen atoms in total. The number of halogens is 1. The lowest BCUT2D eigenvalue weighted by molar-refractivity contribution is 1.03. The molecule has 0 heterocycles. The van der Waals surface area contributed by atoms with Crippen LogP contribution in [0.25, 0.3) is 0 Å². The minimum Gasteiger partial charge on any atom is -0.397 e. The van der Waals surface area contributed by atoms with Crippen LogP contribution < -0.4 is 17.2 Å². The summed E-state index contributed by atoms with van der Waals surface area (Å²) in [6, 6.07) is 3.36. The summed E-state index contributed by atoms with van der Waals surface area (Å²) in [4.78, 5) is 0. The molecule has 0 aromatic heterocycles. The van der Waals surface area contributed by atoms with E-state index in [4.69, 9.17) is 28.8 Å². The van der Waals surface area contributed by atoms with E-state index in [2.05, 4.69) is 0 Å². The summed E-state index contributed by atoms with van der Waals surface area (Å²) in [6.07, 6.45) is 0. The van der Waals surface area contributed by atoms with Crippen molar-refractivity contribution in [1.82, 2.24) is 5.73 Å². The zero-order valence-corrected chi connectivity index (χ0v) is 6.65. The monoisotopic (exact) mass is 170 g/mol. The molecule has 0 atom stereocenters. The molecular weight excluding hydrogens is 162 g/mol. The van der Waals surface area contributed by atoms with E-state index < -0.39 is 0 Å². The Morgan fingerprint density at radius 2 is 1.91 bits per heavy atom. The van der Waals surface area contributed by atoms with Gasteiger partial charge in [0.25, 0.3) is 0 Å². The Hall–Kier alpha value is -0.930. The van der Waals surface area contributed by atoms with Gasteiger partial charge in [-0.25, -0.2) is 0 Å². The summed E-state index contributed by atoms with van der Waals surface area (Å²) in [5, 5.41) is 0.444. The van der Waals surface area contributed by atoms with Crippen LogP contribution in [0.3, 0.4) is 0 Å². The minimum atomic E-state index is 0.132. The summed E-state index contributed by atoms with van der Waals surface area (Å²) in [7, 11) is 0. The largest absolute Gasteiger partial charge is 0.397 e. The number of nitrogen functional groups attached to an aromatic ring is 2. The molecule has 0 aliphatic heterocycles. The van der Waals surface area contributed by atoms with Crippen molar-refractivity contribution in [3.05, 3.63) is 22.7 Å². The van der Waals surface area contributed by atoms with Crippen molar-refractivity contribution in [3.8, 4) is 0 Å². The standard InChI is InChI=1S/C7H9ClN3/c8-5-2-1-4(3-9)6(10)7(5)11/h1-2,9H,3,10-11H2. The molecule has 0 aliphatic rings. The number of nitrogens with one attached hydrogen (secondary N) is 1. The van der Waals surface area contributed by atoms with Gasteiger partial charge in [-0.05, 0) is 11.6 Å². The quantitative estimate of drug-likeness (QED) is 0.623. The summed E-state index contributed by atoms with van der Waals surface area (Å²) in [6.45, 7) is 0.132. The fraction of sp³-hybridized carbons (Fsp3) is 0.143. The first-order valence-electron chi connectivity index (χ1n) is 3.13. The van der Waals surface area contributed by atoms with E-state index >= 15 is 0 Å². The second kappa shape index (κ2) is 2.98. The maximum atomic E-state index is 7.07. The Morgan fingerprint density at radius 3 is 2.45 bits per heavy atom. The number of hydrogen-bond donors (Lipinski definition) is 2. The number of nitrogens with two attached hydrogens (primary N) is 2. The molecule has 1 rings (SSSR count). The van der Waals surface area contributed by atoms with Gasteiger partial charge < -0.3 is 11.5 Å². The predicted molar refractivity (Wildman–Crippen MR) is 47.1 cm³/mol. The van der Waals surface area contributed by atoms with Crippen molar-refractivity contribution >= 4 is 23.0 Å². The van der Waals surface area contributed by atoms with Crippen molar-refractivity contribution in [2.24, 2.45) is 0 Å². The number of rotatable bonds is 1. The predicted octanol–water partition coefficient (Wildman–Crippen LogP) is 1.29. The third kappa shape index (κ3) is 1.39. The second-order valence-electron chi connectivity index (χ2n) is 2.21. The van der Waals surface area contributed by atoms with Crippen molar-refractivity contribution in [1.29, 1.82) is 0 Å². The van der Waals surface area contributed by atoms with E-state index in [-0.39, 0.29) is 6.54 Å². The minimum absolute atomic E-state index is 0.132. The van der Waals surface area contributed by atoms with Gasteiger partial charge >= 0.3 is 0 Å². The van der Waals surface area contributed by atoms with Crippen molar-refractivity contribution < 1.29 is 0 Å². The van der Waals surface area contributed by atoms with Crippen molar-refractivity contribution in [2.75, 3.05) is 11.5 Å². The number of benzene rings is 1. The lowest BCUT2D eigenvalue weighted by Crippen LogP contribution is -2.00. The molecule has 0 fully saturated rings. The third-order valence-electron chi connectivity index (χ3n) is 1.51. The van der Waals surface area contributed by atoms with Gasteiger partial charge in [0.15, 0.2) is 0 Å². The van der Waals surface area contributed by atoms with Crippen LogP contribution in [0, 0.1) is 0 Å². The molecule has 0 aliphatic carbocycles. The molecule has 0 unspecified atom stereocenters. The van der Waals surface area contributed by atoms with Crippen LogP contribution in [-0.4, -0.2) is 0 Å². The molecule has 0 saturated heterocycles. The van der Waals surface area contributed by atoms with Crippen LogP contribution in [0.5, 0.6) is 0 Å². The normalized spacial score (nSPS) is 10.0. The Balaban J connectivity index is 3.25. The summed E-state index contributed by atoms with van der Waals surface area (Å²) in [5.74, 6) is 0. The van der Waals surface area contributed by atoms with Crippen LogP contribution in [0.1, 0.15) is 5.56 Å². The van der Waals surface area contributed by atoms with Gasteiger partial charge in [0.1, 0.15) is 0 Å². The Labute approximate surface area is 70.1 Å². The highest BCUT2D eigenvalue weighted by Gasteiger charge is 2.04. The molecule has 0 spiro atoms. The molecule has 59 valence electrons. The molecule has 0 amide bonds. The zero-order valence-electron chi connectivity index (χ0n) is 5.89. The van der Waals surface area contributed by atoms with Gasteiger partial charge in [-0.1, -0.05) is 17.7 Å². The van der Waals surface area contributed by atoms with Gasteiger partial charge in [-0.3, -0.25) is 5.73 Å². The van der Waals surface area contributed by atoms with Crippen molar-refractivity contribution in [3.63, 3.8) is 0 Å². The van der Waals surface area contributed by atoms with E-state index in [9.17, 15) is 0 Å². The van der Waals surface area contributed by atoms with Crippen LogP contribution in [0.4, 0.5) is 11.4 Å². The SMILES string of the molecule is [NH]Cc1ccc(Cl)c(N)c1N. The molecule has 1 radical (unpaired) electrons. The smallest absolute Gasteiger partial charge is 0.0740 e. The zero-order chi connectivity index (χ0) is 8.43. The molecule has 5 N–H and O–H groups in total. The van der Waals surface area contributed by atoms with E-state index in [0.717, 1.165) is 0 Å². The average Bonchev–Trinajstić information content (AvgIpc) is 2.01. The van der Waals surface area contributed by atoms with Crippen LogP contribution in [-0.2, 0) is 6.54 Å². The Kier molecular flexibility index (Phi) is 2.22. The summed E-state index contributed by atoms with van der Waals surface area (Å²) < 4.78 is 0. The van der Waals surface area contributed by atoms with Gasteiger partial charge in [0.2, 0.25) is 0 Å². The average molecular weight is 171 g/mol. The van der Waals surface area contributed by atoms with Gasteiger partial charge in [-0.2, -0.15) is 0 Å². The van der Waals surface area contributed by atoms with Gasteiger partial charge in [0.05, 0.1) is 16.4 Å². The molecule has 0 saturated carbocycles. The highest BCUT2D eigenvalue weighted by atomic mass is 35.5. The molecule has 0 bridgehead atoms. The first-order valence-corrected chi connectivity index (χ1v) is 3.51. The lowest BCUT2D eigenvalue weighted by atomic mass is 10.1. The molecule has 1 aromatic rings. The third-order valence-corrected chi connectivity index (χ3v) is 1.84. The molecule has 11 heavy (non-hydrogen) atoms. The van der Waals surface area contributed by atoms with E-state index in [1.54, 1.807) is 12.1 Å². The lowest BCUT2D eigenvalue weighted by Gasteiger charge is -2.06. The Morgan fingerprint density at radius 1 is 1.27 bits per heavy atom. The molecular formula is C7H9ClN3. The fourth-order valence-electron chi connectivity index (χ4n) is 0.809.